The number of hydrogen-bond acceptors (Lipinski definition) is 1. The Hall–Kier alpha value is 0.250. The highest BCUT2D eigenvalue weighted by Gasteiger charge is 2.30. The van der Waals surface area contributed by atoms with E-state index in [0.29, 0.717) is 5.41 Å². The molecule has 2 heteroatoms. The lowest BCUT2D eigenvalue weighted by atomic mass is 9.80. The minimum Gasteiger partial charge on any atom is -0.381 e. The lowest BCUT2D eigenvalue weighted by Gasteiger charge is -2.35. The maximum atomic E-state index is 5.94. The van der Waals surface area contributed by atoms with Gasteiger partial charge in [-0.1, -0.05) is 13.3 Å². The van der Waals surface area contributed by atoms with Gasteiger partial charge in [-0.3, -0.25) is 0 Å². The van der Waals surface area contributed by atoms with Crippen molar-refractivity contribution in [3.63, 3.8) is 0 Å². The zero-order chi connectivity index (χ0) is 8.16. The maximum Gasteiger partial charge on any atom is 0.0533 e. The lowest BCUT2D eigenvalue weighted by Crippen LogP contribution is -2.33. The summed E-state index contributed by atoms with van der Waals surface area (Å²) in [5.41, 5.74) is 0.314. The first-order valence-corrected chi connectivity index (χ1v) is 5.00. The Balaban J connectivity index is 2.42. The van der Waals surface area contributed by atoms with E-state index in [1.807, 2.05) is 0 Å². The van der Waals surface area contributed by atoms with Gasteiger partial charge in [0, 0.05) is 17.9 Å². The van der Waals surface area contributed by atoms with Crippen LogP contribution in [0.1, 0.15) is 32.6 Å². The van der Waals surface area contributed by atoms with E-state index in [1.54, 1.807) is 0 Å². The van der Waals surface area contributed by atoms with E-state index in [-0.39, 0.29) is 0 Å². The van der Waals surface area contributed by atoms with Gasteiger partial charge in [-0.25, -0.2) is 0 Å². The van der Waals surface area contributed by atoms with Crippen molar-refractivity contribution in [1.29, 1.82) is 0 Å². The van der Waals surface area contributed by atoms with Crippen molar-refractivity contribution in [3.05, 3.63) is 0 Å². The SMILES string of the molecule is CCCC1(CCl)CCCOC1. The fourth-order valence-corrected chi connectivity index (χ4v) is 2.15. The second-order valence-corrected chi connectivity index (χ2v) is 3.81. The Labute approximate surface area is 74.1 Å². The van der Waals surface area contributed by atoms with Crippen LogP contribution in [0.5, 0.6) is 0 Å². The van der Waals surface area contributed by atoms with Crippen LogP contribution < -0.4 is 0 Å². The standard InChI is InChI=1S/C9H17ClO/c1-2-4-9(7-10)5-3-6-11-8-9/h2-8H2,1H3. The average Bonchev–Trinajstić information content (AvgIpc) is 2.07. The molecule has 1 unspecified atom stereocenters. The quantitative estimate of drug-likeness (QED) is 0.601. The van der Waals surface area contributed by atoms with Gasteiger partial charge in [-0.05, 0) is 19.3 Å². The number of ether oxygens (including phenoxy) is 1. The Bertz CT molecular complexity index is 103. The molecule has 1 aliphatic heterocycles. The molecule has 1 atom stereocenters. The molecule has 0 amide bonds. The van der Waals surface area contributed by atoms with Gasteiger partial charge < -0.3 is 4.74 Å². The van der Waals surface area contributed by atoms with Gasteiger partial charge in [0.2, 0.25) is 0 Å². The predicted octanol–water partition coefficient (Wildman–Crippen LogP) is 2.82. The van der Waals surface area contributed by atoms with Crippen LogP contribution in [-0.2, 0) is 4.74 Å². The van der Waals surface area contributed by atoms with Gasteiger partial charge in [-0.15, -0.1) is 11.6 Å². The van der Waals surface area contributed by atoms with Crippen LogP contribution in [0.4, 0.5) is 0 Å². The van der Waals surface area contributed by atoms with E-state index in [1.165, 1.54) is 25.7 Å². The van der Waals surface area contributed by atoms with E-state index in [0.717, 1.165) is 19.1 Å². The molecule has 0 aliphatic carbocycles. The van der Waals surface area contributed by atoms with Crippen LogP contribution in [0.3, 0.4) is 0 Å². The zero-order valence-electron chi connectivity index (χ0n) is 7.24. The Morgan fingerprint density at radius 1 is 1.55 bits per heavy atom. The average molecular weight is 177 g/mol. The summed E-state index contributed by atoms with van der Waals surface area (Å²) >= 11 is 5.94. The van der Waals surface area contributed by atoms with Gasteiger partial charge in [-0.2, -0.15) is 0 Å². The van der Waals surface area contributed by atoms with Crippen LogP contribution >= 0.6 is 11.6 Å². The molecule has 1 aliphatic rings. The summed E-state index contributed by atoms with van der Waals surface area (Å²) in [5, 5.41) is 0. The van der Waals surface area contributed by atoms with Crippen molar-refractivity contribution < 1.29 is 4.74 Å². The van der Waals surface area contributed by atoms with Crippen molar-refractivity contribution in [3.8, 4) is 0 Å². The third-order valence-electron chi connectivity index (χ3n) is 2.47. The van der Waals surface area contributed by atoms with Gasteiger partial charge in [0.05, 0.1) is 6.61 Å². The molecule has 0 spiro atoms. The van der Waals surface area contributed by atoms with Crippen molar-refractivity contribution >= 4 is 11.6 Å². The molecule has 1 saturated heterocycles. The highest BCUT2D eigenvalue weighted by molar-refractivity contribution is 6.18. The molecule has 0 bridgehead atoms. The smallest absolute Gasteiger partial charge is 0.0533 e. The molecule has 0 aromatic carbocycles. The second-order valence-electron chi connectivity index (χ2n) is 3.54. The molecule has 0 aromatic rings. The highest BCUT2D eigenvalue weighted by atomic mass is 35.5. The van der Waals surface area contributed by atoms with Gasteiger partial charge in [0.25, 0.3) is 0 Å². The predicted molar refractivity (Wildman–Crippen MR) is 48.1 cm³/mol. The molecule has 1 fully saturated rings. The first-order valence-electron chi connectivity index (χ1n) is 4.47. The summed E-state index contributed by atoms with van der Waals surface area (Å²) in [6, 6.07) is 0. The van der Waals surface area contributed by atoms with Crippen LogP contribution in [0.15, 0.2) is 0 Å². The van der Waals surface area contributed by atoms with E-state index in [9.17, 15) is 0 Å². The molecular formula is C9H17ClO. The van der Waals surface area contributed by atoms with Crippen LogP contribution in [0.2, 0.25) is 0 Å². The van der Waals surface area contributed by atoms with E-state index < -0.39 is 0 Å². The van der Waals surface area contributed by atoms with Gasteiger partial charge >= 0.3 is 0 Å². The summed E-state index contributed by atoms with van der Waals surface area (Å²) in [5.74, 6) is 0.765. The normalized spacial score (nSPS) is 32.2. The molecule has 11 heavy (non-hydrogen) atoms. The summed E-state index contributed by atoms with van der Waals surface area (Å²) in [6.45, 7) is 4.02. The van der Waals surface area contributed by atoms with Crippen molar-refractivity contribution in [2.45, 2.75) is 32.6 Å². The van der Waals surface area contributed by atoms with E-state index in [2.05, 4.69) is 6.92 Å². The van der Waals surface area contributed by atoms with E-state index >= 15 is 0 Å². The van der Waals surface area contributed by atoms with Gasteiger partial charge in [0.15, 0.2) is 0 Å². The third-order valence-corrected chi connectivity index (χ3v) is 3.03. The van der Waals surface area contributed by atoms with Crippen molar-refractivity contribution in [2.75, 3.05) is 19.1 Å². The fraction of sp³-hybridized carbons (Fsp3) is 1.00. The number of rotatable bonds is 3. The van der Waals surface area contributed by atoms with Gasteiger partial charge in [0.1, 0.15) is 0 Å². The van der Waals surface area contributed by atoms with Crippen LogP contribution in [0, 0.1) is 5.41 Å². The Morgan fingerprint density at radius 2 is 2.36 bits per heavy atom. The Kier molecular flexibility index (Phi) is 3.67. The molecule has 0 saturated carbocycles. The second kappa shape index (κ2) is 4.32. The summed E-state index contributed by atoms with van der Waals surface area (Å²) in [6.07, 6.45) is 4.88. The fourth-order valence-electron chi connectivity index (χ4n) is 1.81. The largest absolute Gasteiger partial charge is 0.381 e. The van der Waals surface area contributed by atoms with Crippen molar-refractivity contribution in [1.82, 2.24) is 0 Å². The van der Waals surface area contributed by atoms with Crippen molar-refractivity contribution in [2.24, 2.45) is 5.41 Å². The molecular weight excluding hydrogens is 160 g/mol. The first kappa shape index (κ1) is 9.34. The Morgan fingerprint density at radius 3 is 2.82 bits per heavy atom. The number of halogens is 1. The molecule has 0 N–H and O–H groups in total. The van der Waals surface area contributed by atoms with Crippen LogP contribution in [-0.4, -0.2) is 19.1 Å². The summed E-state index contributed by atoms with van der Waals surface area (Å²) in [4.78, 5) is 0. The number of hydrogen-bond donors (Lipinski definition) is 0. The highest BCUT2D eigenvalue weighted by Crippen LogP contribution is 2.34. The lowest BCUT2D eigenvalue weighted by molar-refractivity contribution is -0.000249. The minimum absolute atomic E-state index is 0.314. The molecule has 1 rings (SSSR count). The topological polar surface area (TPSA) is 9.23 Å². The molecule has 1 nitrogen and oxygen atoms in total. The maximum absolute atomic E-state index is 5.94. The molecule has 0 radical (unpaired) electrons. The third kappa shape index (κ3) is 2.34. The first-order chi connectivity index (χ1) is 5.33. The monoisotopic (exact) mass is 176 g/mol. The molecule has 0 aromatic heterocycles. The zero-order valence-corrected chi connectivity index (χ0v) is 7.99. The summed E-state index contributed by atoms with van der Waals surface area (Å²) in [7, 11) is 0. The number of alkyl halides is 1. The minimum atomic E-state index is 0.314. The molecule has 1 heterocycles. The van der Waals surface area contributed by atoms with Crippen LogP contribution in [0.25, 0.3) is 0 Å². The van der Waals surface area contributed by atoms with E-state index in [4.69, 9.17) is 16.3 Å². The summed E-state index contributed by atoms with van der Waals surface area (Å²) < 4.78 is 5.44. The molecule has 66 valence electrons.